The van der Waals surface area contributed by atoms with E-state index in [0.717, 1.165) is 5.56 Å². The number of piperidine rings is 2. The number of carboxylic acids is 1. The van der Waals surface area contributed by atoms with E-state index in [0.29, 0.717) is 32.5 Å². The molecule has 2 fully saturated rings. The Bertz CT molecular complexity index is 818. The molecule has 2 heterocycles. The number of nitrogens with one attached hydrogen (secondary N) is 2. The van der Waals surface area contributed by atoms with Gasteiger partial charge in [-0.25, -0.2) is 23.0 Å². The molecule has 154 valence electrons. The molecular formula is C18H25N3O6S. The standard InChI is InChI=1S/C18H25N3O6S/c22-17(20-25)15-9-16(11-19-10-15)28(26,27)21-7-5-13(6-8-21)12-1-3-14(4-2-12)18(23)24/h1-4,13,15-16,19,25H,5-11H2,(H,20,22)(H,23,24). The van der Waals surface area contributed by atoms with E-state index in [4.69, 9.17) is 10.3 Å². The average Bonchev–Trinajstić information content (AvgIpc) is 2.73. The van der Waals surface area contributed by atoms with Gasteiger partial charge in [-0.1, -0.05) is 12.1 Å². The van der Waals surface area contributed by atoms with Gasteiger partial charge in [0.15, 0.2) is 0 Å². The number of rotatable bonds is 5. The average molecular weight is 411 g/mol. The molecule has 1 aromatic rings. The van der Waals surface area contributed by atoms with Crippen LogP contribution in [0.2, 0.25) is 0 Å². The van der Waals surface area contributed by atoms with Gasteiger partial charge in [0, 0.05) is 26.2 Å². The third kappa shape index (κ3) is 4.35. The Labute approximate surface area is 163 Å². The molecule has 3 rings (SSSR count). The molecular weight excluding hydrogens is 386 g/mol. The highest BCUT2D eigenvalue weighted by Gasteiger charge is 2.39. The number of carbonyl (C=O) groups excluding carboxylic acids is 1. The molecule has 0 aromatic heterocycles. The zero-order chi connectivity index (χ0) is 20.3. The number of hydrogen-bond acceptors (Lipinski definition) is 6. The Morgan fingerprint density at radius 3 is 2.32 bits per heavy atom. The predicted octanol–water partition coefficient (Wildman–Crippen LogP) is 0.378. The summed E-state index contributed by atoms with van der Waals surface area (Å²) in [6, 6.07) is 6.73. The van der Waals surface area contributed by atoms with Crippen LogP contribution < -0.4 is 10.8 Å². The van der Waals surface area contributed by atoms with E-state index < -0.39 is 33.1 Å². The molecule has 2 aliphatic rings. The van der Waals surface area contributed by atoms with Crippen molar-refractivity contribution in [3.8, 4) is 0 Å². The number of aromatic carboxylic acids is 1. The third-order valence-corrected chi connectivity index (χ3v) is 7.94. The number of carboxylic acid groups (broad SMARTS) is 1. The molecule has 2 aliphatic heterocycles. The van der Waals surface area contributed by atoms with Crippen LogP contribution in [0.1, 0.15) is 41.1 Å². The lowest BCUT2D eigenvalue weighted by Gasteiger charge is -2.36. The fraction of sp³-hybridized carbons (Fsp3) is 0.556. The summed E-state index contributed by atoms with van der Waals surface area (Å²) in [4.78, 5) is 22.6. The Hall–Kier alpha value is -2.01. The zero-order valence-electron chi connectivity index (χ0n) is 15.4. The maximum atomic E-state index is 13.0. The van der Waals surface area contributed by atoms with Gasteiger partial charge in [0.2, 0.25) is 15.9 Å². The van der Waals surface area contributed by atoms with E-state index in [2.05, 4.69) is 5.32 Å². The summed E-state index contributed by atoms with van der Waals surface area (Å²) in [6.45, 7) is 1.41. The topological polar surface area (TPSA) is 136 Å². The normalized spacial score (nSPS) is 24.6. The summed E-state index contributed by atoms with van der Waals surface area (Å²) >= 11 is 0. The quantitative estimate of drug-likeness (QED) is 0.406. The third-order valence-electron chi connectivity index (χ3n) is 5.66. The van der Waals surface area contributed by atoms with Gasteiger partial charge in [-0.2, -0.15) is 0 Å². The second-order valence-electron chi connectivity index (χ2n) is 7.33. The van der Waals surface area contributed by atoms with Crippen molar-refractivity contribution in [3.63, 3.8) is 0 Å². The van der Waals surface area contributed by atoms with Crippen molar-refractivity contribution in [2.45, 2.75) is 30.4 Å². The van der Waals surface area contributed by atoms with Crippen molar-refractivity contribution in [1.29, 1.82) is 0 Å². The van der Waals surface area contributed by atoms with Crippen molar-refractivity contribution in [2.24, 2.45) is 5.92 Å². The molecule has 28 heavy (non-hydrogen) atoms. The van der Waals surface area contributed by atoms with Gasteiger partial charge in [-0.15, -0.1) is 0 Å². The Balaban J connectivity index is 1.61. The van der Waals surface area contributed by atoms with Crippen LogP contribution in [0.3, 0.4) is 0 Å². The summed E-state index contributed by atoms with van der Waals surface area (Å²) in [7, 11) is -3.55. The first kappa shape index (κ1) is 20.7. The van der Waals surface area contributed by atoms with Gasteiger partial charge >= 0.3 is 5.97 Å². The minimum Gasteiger partial charge on any atom is -0.478 e. The highest BCUT2D eigenvalue weighted by molar-refractivity contribution is 7.89. The second-order valence-corrected chi connectivity index (χ2v) is 9.55. The number of nitrogens with zero attached hydrogens (tertiary/aromatic N) is 1. The predicted molar refractivity (Wildman–Crippen MR) is 101 cm³/mol. The van der Waals surface area contributed by atoms with Gasteiger partial charge in [-0.3, -0.25) is 10.0 Å². The lowest BCUT2D eigenvalue weighted by molar-refractivity contribution is -0.133. The zero-order valence-corrected chi connectivity index (χ0v) is 16.2. The molecule has 4 N–H and O–H groups in total. The summed E-state index contributed by atoms with van der Waals surface area (Å²) in [5, 5.41) is 20.0. The fourth-order valence-corrected chi connectivity index (χ4v) is 5.92. The smallest absolute Gasteiger partial charge is 0.335 e. The fourth-order valence-electron chi connectivity index (χ4n) is 3.97. The van der Waals surface area contributed by atoms with E-state index >= 15 is 0 Å². The second kappa shape index (κ2) is 8.56. The molecule has 0 radical (unpaired) electrons. The molecule has 0 spiro atoms. The molecule has 0 aliphatic carbocycles. The molecule has 2 saturated heterocycles. The van der Waals surface area contributed by atoms with Crippen molar-refractivity contribution in [2.75, 3.05) is 26.2 Å². The maximum Gasteiger partial charge on any atom is 0.335 e. The summed E-state index contributed by atoms with van der Waals surface area (Å²) in [6.07, 6.45) is 1.50. The molecule has 0 bridgehead atoms. The Morgan fingerprint density at radius 2 is 1.75 bits per heavy atom. The first-order valence-corrected chi connectivity index (χ1v) is 10.8. The van der Waals surface area contributed by atoms with Crippen LogP contribution in [0.25, 0.3) is 0 Å². The first-order valence-electron chi connectivity index (χ1n) is 9.29. The summed E-state index contributed by atoms with van der Waals surface area (Å²) in [5.74, 6) is -1.94. The largest absolute Gasteiger partial charge is 0.478 e. The van der Waals surface area contributed by atoms with Crippen LogP contribution in [0, 0.1) is 5.92 Å². The van der Waals surface area contributed by atoms with E-state index in [-0.39, 0.29) is 24.4 Å². The van der Waals surface area contributed by atoms with Gasteiger partial charge in [0.05, 0.1) is 16.7 Å². The number of amides is 1. The molecule has 2 atom stereocenters. The summed E-state index contributed by atoms with van der Waals surface area (Å²) < 4.78 is 27.5. The first-order chi connectivity index (χ1) is 13.3. The van der Waals surface area contributed by atoms with Crippen molar-refractivity contribution < 1.29 is 28.3 Å². The molecule has 10 heteroatoms. The number of sulfonamides is 1. The minimum atomic E-state index is -3.55. The van der Waals surface area contributed by atoms with Crippen LogP contribution in [0.4, 0.5) is 0 Å². The lowest BCUT2D eigenvalue weighted by atomic mass is 9.90. The lowest BCUT2D eigenvalue weighted by Crippen LogP contribution is -2.52. The Morgan fingerprint density at radius 1 is 1.11 bits per heavy atom. The van der Waals surface area contributed by atoms with Crippen LogP contribution in [0.15, 0.2) is 24.3 Å². The van der Waals surface area contributed by atoms with Crippen LogP contribution >= 0.6 is 0 Å². The molecule has 1 amide bonds. The van der Waals surface area contributed by atoms with Gasteiger partial charge in [-0.05, 0) is 42.9 Å². The van der Waals surface area contributed by atoms with Crippen LogP contribution in [0.5, 0.6) is 0 Å². The summed E-state index contributed by atoms with van der Waals surface area (Å²) in [5.41, 5.74) is 2.84. The SMILES string of the molecule is O=C(O)c1ccc(C2CCN(S(=O)(=O)C3CNCC(C(=O)NO)C3)CC2)cc1. The molecule has 9 nitrogen and oxygen atoms in total. The van der Waals surface area contributed by atoms with E-state index in [1.54, 1.807) is 29.7 Å². The maximum absolute atomic E-state index is 13.0. The molecule has 0 saturated carbocycles. The van der Waals surface area contributed by atoms with Crippen molar-refractivity contribution in [3.05, 3.63) is 35.4 Å². The Kier molecular flexibility index (Phi) is 6.33. The van der Waals surface area contributed by atoms with Crippen LogP contribution in [-0.4, -0.2) is 66.3 Å². The number of hydroxylamine groups is 1. The van der Waals surface area contributed by atoms with Crippen molar-refractivity contribution >= 4 is 21.9 Å². The van der Waals surface area contributed by atoms with E-state index in [1.165, 1.54) is 4.31 Å². The highest BCUT2D eigenvalue weighted by atomic mass is 32.2. The minimum absolute atomic E-state index is 0.179. The van der Waals surface area contributed by atoms with Gasteiger partial charge in [0.1, 0.15) is 0 Å². The monoisotopic (exact) mass is 411 g/mol. The van der Waals surface area contributed by atoms with E-state index in [1.807, 2.05) is 0 Å². The van der Waals surface area contributed by atoms with Crippen LogP contribution in [-0.2, 0) is 14.8 Å². The number of benzene rings is 1. The number of carbonyl (C=O) groups is 2. The van der Waals surface area contributed by atoms with E-state index in [9.17, 15) is 18.0 Å². The van der Waals surface area contributed by atoms with Crippen molar-refractivity contribution in [1.82, 2.24) is 15.1 Å². The molecule has 1 aromatic carbocycles. The molecule has 2 unspecified atom stereocenters. The van der Waals surface area contributed by atoms with Gasteiger partial charge < -0.3 is 10.4 Å². The number of hydrogen-bond donors (Lipinski definition) is 4. The highest BCUT2D eigenvalue weighted by Crippen LogP contribution is 2.31. The van der Waals surface area contributed by atoms with Gasteiger partial charge in [0.25, 0.3) is 0 Å².